The first-order valence-corrected chi connectivity index (χ1v) is 23.1. The van der Waals surface area contributed by atoms with Gasteiger partial charge in [0.25, 0.3) is 0 Å². The highest BCUT2D eigenvalue weighted by Gasteiger charge is 2.15. The van der Waals surface area contributed by atoms with Crippen LogP contribution in [0.3, 0.4) is 0 Å². The minimum Gasteiger partial charge on any atom is -0.355 e. The Morgan fingerprint density at radius 1 is 0.385 bits per heavy atom. The first-order chi connectivity index (χ1) is 25.7. The average Bonchev–Trinajstić information content (AvgIpc) is 4.00. The van der Waals surface area contributed by atoms with E-state index in [2.05, 4.69) is 104 Å². The normalized spacial score (nSPS) is 12.4. The lowest BCUT2D eigenvalue weighted by molar-refractivity contribution is 0.556. The van der Waals surface area contributed by atoms with Crippen molar-refractivity contribution >= 4 is 78.2 Å². The van der Waals surface area contributed by atoms with E-state index in [9.17, 15) is 0 Å². The first-order valence-electron chi connectivity index (χ1n) is 20.9. The van der Waals surface area contributed by atoms with Crippen molar-refractivity contribution in [3.05, 3.63) is 69.3 Å². The third-order valence-electron chi connectivity index (χ3n) is 11.0. The van der Waals surface area contributed by atoms with E-state index < -0.39 is 0 Å². The van der Waals surface area contributed by atoms with Gasteiger partial charge in [-0.25, -0.2) is 9.97 Å². The fraction of sp³-hybridized carbons (Fsp3) is 0.565. The first kappa shape index (κ1) is 40.7. The second-order valence-electron chi connectivity index (χ2n) is 15.0. The zero-order valence-electron chi connectivity index (χ0n) is 32.2. The summed E-state index contributed by atoms with van der Waals surface area (Å²) in [5.74, 6) is 0. The highest BCUT2D eigenvalue weighted by Crippen LogP contribution is 2.30. The maximum Gasteiger partial charge on any atom is 0.0699 e. The molecule has 3 aromatic heterocycles. The molecule has 52 heavy (non-hydrogen) atoms. The van der Waals surface area contributed by atoms with Crippen LogP contribution in [0, 0.1) is 0 Å². The second-order valence-corrected chi connectivity index (χ2v) is 16.2. The third-order valence-corrected chi connectivity index (χ3v) is 12.1. The molecule has 0 amide bonds. The number of fused-ring (bicyclic) bond motifs is 8. The van der Waals surface area contributed by atoms with E-state index >= 15 is 0 Å². The summed E-state index contributed by atoms with van der Waals surface area (Å²) < 4.78 is 0. The van der Waals surface area contributed by atoms with Crippen LogP contribution in [0.2, 0.25) is 0 Å². The Labute approximate surface area is 331 Å². The van der Waals surface area contributed by atoms with Crippen LogP contribution in [0.4, 0.5) is 0 Å². The molecule has 0 spiro atoms. The lowest BCUT2D eigenvalue weighted by Gasteiger charge is -2.06. The molecule has 6 heteroatoms. The largest absolute Gasteiger partial charge is 0.355 e. The molecule has 2 aliphatic rings. The van der Waals surface area contributed by atoms with Gasteiger partial charge >= 0.3 is 0 Å². The van der Waals surface area contributed by atoms with Gasteiger partial charge in [-0.3, -0.25) is 0 Å². The van der Waals surface area contributed by atoms with Gasteiger partial charge in [-0.05, 0) is 74.3 Å². The molecule has 2 aliphatic heterocycles. The monoisotopic (exact) mass is 830 g/mol. The van der Waals surface area contributed by atoms with Gasteiger partial charge in [0, 0.05) is 55.0 Å². The van der Waals surface area contributed by atoms with Crippen molar-refractivity contribution in [1.29, 1.82) is 0 Å². The molecule has 0 aromatic carbocycles. The maximum absolute atomic E-state index is 5.30. The fourth-order valence-corrected chi connectivity index (χ4v) is 9.01. The molecule has 0 radical (unpaired) electrons. The van der Waals surface area contributed by atoms with Crippen LogP contribution in [0.15, 0.2) is 24.3 Å². The Bertz CT molecular complexity index is 1640. The van der Waals surface area contributed by atoms with E-state index in [1.54, 1.807) is 0 Å². The summed E-state index contributed by atoms with van der Waals surface area (Å²) in [6.45, 7) is 4.59. The van der Waals surface area contributed by atoms with Crippen molar-refractivity contribution in [2.24, 2.45) is 0 Å². The lowest BCUT2D eigenvalue weighted by Crippen LogP contribution is -1.95. The number of unbranched alkanes of at least 4 members (excludes halogenated alkanes) is 18. The summed E-state index contributed by atoms with van der Waals surface area (Å²) in [5.41, 5.74) is 13.8. The summed E-state index contributed by atoms with van der Waals surface area (Å²) in [6, 6.07) is 8.99. The number of aromatic amines is 2. The molecule has 0 fully saturated rings. The molecule has 282 valence electrons. The molecule has 8 bridgehead atoms. The summed E-state index contributed by atoms with van der Waals surface area (Å²) in [4.78, 5) is 18.3. The number of nitrogens with zero attached hydrogens (tertiary/aromatic N) is 2. The highest BCUT2D eigenvalue weighted by molar-refractivity contribution is 9.08. The smallest absolute Gasteiger partial charge is 0.0699 e. The molecule has 5 heterocycles. The standard InChI is InChI=1S/C46H64Br2N4/c1-3-5-7-9-11-13-15-17-19-21-23-35-39-25-26-40(49-39)36(24-22-20-18-16-14-12-10-8-6-4-2)42-28-30-44(51-42)38(34-48)46-32-31-45(52-46)37(33-47)43-29-27-41(35)50-43/h25-32,49,52H,3-24,33-34H2,1-2H3. The van der Waals surface area contributed by atoms with Gasteiger partial charge in [-0.1, -0.05) is 161 Å². The fourth-order valence-electron chi connectivity index (χ4n) is 7.83. The van der Waals surface area contributed by atoms with Crippen LogP contribution in [-0.2, 0) is 23.5 Å². The molecule has 0 aliphatic carbocycles. The zero-order chi connectivity index (χ0) is 36.4. The van der Waals surface area contributed by atoms with Crippen molar-refractivity contribution in [2.45, 2.75) is 166 Å². The number of rotatable bonds is 24. The summed E-state index contributed by atoms with van der Waals surface area (Å²) in [6.07, 6.45) is 37.8. The van der Waals surface area contributed by atoms with E-state index in [-0.39, 0.29) is 0 Å². The number of aryl methyl sites for hydroxylation is 2. The second kappa shape index (κ2) is 22.7. The molecule has 0 saturated carbocycles. The number of hydrogen-bond donors (Lipinski definition) is 2. The van der Waals surface area contributed by atoms with E-state index in [1.807, 2.05) is 0 Å². The van der Waals surface area contributed by atoms with Gasteiger partial charge in [0.1, 0.15) is 0 Å². The molecule has 0 saturated heterocycles. The van der Waals surface area contributed by atoms with Gasteiger partial charge < -0.3 is 9.97 Å². The Hall–Kier alpha value is -2.44. The molecular weight excluding hydrogens is 768 g/mol. The quantitative estimate of drug-likeness (QED) is 0.0481. The number of hydrogen-bond acceptors (Lipinski definition) is 2. The summed E-state index contributed by atoms with van der Waals surface area (Å²) >= 11 is 7.59. The van der Waals surface area contributed by atoms with Crippen LogP contribution in [0.5, 0.6) is 0 Å². The molecular formula is C46H64Br2N4. The predicted octanol–water partition coefficient (Wildman–Crippen LogP) is 15.4. The number of aromatic nitrogens is 4. The third kappa shape index (κ3) is 11.8. The van der Waals surface area contributed by atoms with Crippen LogP contribution >= 0.6 is 31.9 Å². The average molecular weight is 833 g/mol. The lowest BCUT2D eigenvalue weighted by atomic mass is 10.0. The highest BCUT2D eigenvalue weighted by atomic mass is 79.9. The number of alkyl halides is 2. The molecule has 0 atom stereocenters. The van der Waals surface area contributed by atoms with Gasteiger partial charge in [0.2, 0.25) is 0 Å². The SMILES string of the molecule is CCCCCCCCCCCCc1c2nc(c(CBr)c3ccc([nH]3)c(CBr)c3nc(c(CCCCCCCCCCCC)c4ccc1[nH]4)C=C3)C=C2. The summed E-state index contributed by atoms with van der Waals surface area (Å²) in [5, 5.41) is 1.45. The molecule has 3 aromatic rings. The summed E-state index contributed by atoms with van der Waals surface area (Å²) in [7, 11) is 0. The van der Waals surface area contributed by atoms with Gasteiger partial charge in [0.05, 0.1) is 22.8 Å². The maximum atomic E-state index is 5.30. The van der Waals surface area contributed by atoms with Gasteiger partial charge in [-0.2, -0.15) is 0 Å². The Morgan fingerprint density at radius 2 is 0.654 bits per heavy atom. The Kier molecular flexibility index (Phi) is 17.8. The van der Waals surface area contributed by atoms with E-state index in [1.165, 1.54) is 162 Å². The number of halogens is 2. The topological polar surface area (TPSA) is 57.4 Å². The van der Waals surface area contributed by atoms with Gasteiger partial charge in [0.15, 0.2) is 0 Å². The van der Waals surface area contributed by atoms with Crippen LogP contribution in [0.1, 0.15) is 187 Å². The molecule has 2 N–H and O–H groups in total. The Balaban J connectivity index is 1.44. The Morgan fingerprint density at radius 3 is 0.962 bits per heavy atom. The number of H-pyrrole nitrogens is 2. The van der Waals surface area contributed by atoms with E-state index in [0.717, 1.165) is 57.3 Å². The van der Waals surface area contributed by atoms with E-state index in [0.29, 0.717) is 0 Å². The van der Waals surface area contributed by atoms with Crippen LogP contribution < -0.4 is 0 Å². The molecule has 5 rings (SSSR count). The van der Waals surface area contributed by atoms with Crippen molar-refractivity contribution in [1.82, 2.24) is 19.9 Å². The molecule has 4 nitrogen and oxygen atoms in total. The van der Waals surface area contributed by atoms with Crippen molar-refractivity contribution in [3.63, 3.8) is 0 Å². The van der Waals surface area contributed by atoms with E-state index in [4.69, 9.17) is 9.97 Å². The zero-order valence-corrected chi connectivity index (χ0v) is 35.4. The minimum absolute atomic E-state index is 0.726. The van der Waals surface area contributed by atoms with Crippen molar-refractivity contribution in [3.8, 4) is 0 Å². The molecule has 0 unspecified atom stereocenters. The van der Waals surface area contributed by atoms with Crippen LogP contribution in [-0.4, -0.2) is 19.9 Å². The van der Waals surface area contributed by atoms with Crippen molar-refractivity contribution < 1.29 is 0 Å². The predicted molar refractivity (Wildman–Crippen MR) is 235 cm³/mol. The number of nitrogens with one attached hydrogen (secondary N) is 2. The minimum atomic E-state index is 0.726. The van der Waals surface area contributed by atoms with Crippen molar-refractivity contribution in [2.75, 3.05) is 0 Å². The van der Waals surface area contributed by atoms with Gasteiger partial charge in [-0.15, -0.1) is 0 Å². The van der Waals surface area contributed by atoms with Crippen LogP contribution in [0.25, 0.3) is 46.4 Å².